The van der Waals surface area contributed by atoms with Gasteiger partial charge in [-0.05, 0) is 30.4 Å². The number of aryl methyl sites for hydroxylation is 1. The predicted molar refractivity (Wildman–Crippen MR) is 56.4 cm³/mol. The van der Waals surface area contributed by atoms with E-state index >= 15 is 0 Å². The van der Waals surface area contributed by atoms with Gasteiger partial charge in [-0.2, -0.15) is 0 Å². The Kier molecular flexibility index (Phi) is 1.88. The summed E-state index contributed by atoms with van der Waals surface area (Å²) in [5.41, 5.74) is 3.31. The topological polar surface area (TPSA) is 12.5 Å². The fraction of sp³-hybridized carbons (Fsp3) is 0.538. The molecule has 1 heterocycles. The maximum Gasteiger partial charge on any atom is 0.0956 e. The summed E-state index contributed by atoms with van der Waals surface area (Å²) in [6.45, 7) is 0.987. The molecule has 1 saturated heterocycles. The Balaban J connectivity index is 1.94. The number of hydrogen-bond donors (Lipinski definition) is 0. The zero-order chi connectivity index (χ0) is 9.43. The summed E-state index contributed by atoms with van der Waals surface area (Å²) in [7, 11) is 0. The second-order valence-corrected chi connectivity index (χ2v) is 4.62. The molecule has 0 bridgehead atoms. The summed E-state index contributed by atoms with van der Waals surface area (Å²) in [6.07, 6.45) is 6.31. The third-order valence-electron chi connectivity index (χ3n) is 3.51. The smallest absolute Gasteiger partial charge is 0.0956 e. The molecule has 0 amide bonds. The summed E-state index contributed by atoms with van der Waals surface area (Å²) in [4.78, 5) is 0. The van der Waals surface area contributed by atoms with E-state index in [9.17, 15) is 0 Å². The molecule has 14 heavy (non-hydrogen) atoms. The highest BCUT2D eigenvalue weighted by atomic mass is 16.6. The van der Waals surface area contributed by atoms with Crippen molar-refractivity contribution in [3.63, 3.8) is 0 Å². The molecule has 0 saturated carbocycles. The largest absolute Gasteiger partial charge is 0.369 e. The van der Waals surface area contributed by atoms with Crippen molar-refractivity contribution in [2.75, 3.05) is 6.61 Å². The Morgan fingerprint density at radius 1 is 1.07 bits per heavy atom. The first kappa shape index (κ1) is 8.49. The van der Waals surface area contributed by atoms with Crippen LogP contribution in [0.2, 0.25) is 0 Å². The third kappa shape index (κ3) is 1.46. The van der Waals surface area contributed by atoms with Gasteiger partial charge in [0.15, 0.2) is 0 Å². The zero-order valence-electron chi connectivity index (χ0n) is 8.46. The van der Waals surface area contributed by atoms with Crippen molar-refractivity contribution in [2.45, 2.75) is 37.7 Å². The Labute approximate surface area is 85.1 Å². The van der Waals surface area contributed by atoms with Gasteiger partial charge >= 0.3 is 0 Å². The van der Waals surface area contributed by atoms with E-state index in [4.69, 9.17) is 4.74 Å². The van der Waals surface area contributed by atoms with Gasteiger partial charge in [0.05, 0.1) is 12.2 Å². The summed E-state index contributed by atoms with van der Waals surface area (Å²) in [6, 6.07) is 8.85. The second-order valence-electron chi connectivity index (χ2n) is 4.62. The molecule has 1 atom stereocenters. The monoisotopic (exact) mass is 188 g/mol. The normalized spacial score (nSPS) is 30.6. The highest BCUT2D eigenvalue weighted by molar-refractivity contribution is 5.30. The molecular formula is C13H16O. The second kappa shape index (κ2) is 3.09. The minimum atomic E-state index is 0.247. The minimum absolute atomic E-state index is 0.247. The molecule has 1 spiro atoms. The Morgan fingerprint density at radius 3 is 2.64 bits per heavy atom. The molecule has 1 aliphatic carbocycles. The molecule has 1 fully saturated rings. The Morgan fingerprint density at radius 2 is 1.86 bits per heavy atom. The summed E-state index contributed by atoms with van der Waals surface area (Å²) in [5.74, 6) is 0. The van der Waals surface area contributed by atoms with Gasteiger partial charge in [-0.1, -0.05) is 30.7 Å². The van der Waals surface area contributed by atoms with E-state index in [2.05, 4.69) is 24.3 Å². The van der Waals surface area contributed by atoms with Crippen LogP contribution >= 0.6 is 0 Å². The molecular weight excluding hydrogens is 172 g/mol. The third-order valence-corrected chi connectivity index (χ3v) is 3.51. The van der Waals surface area contributed by atoms with Gasteiger partial charge in [0.2, 0.25) is 0 Å². The lowest BCUT2D eigenvalue weighted by Gasteiger charge is -2.18. The molecule has 1 heteroatoms. The van der Waals surface area contributed by atoms with E-state index in [-0.39, 0.29) is 5.60 Å². The SMILES string of the molecule is c1ccc2c(c1)CCCCC1(CO1)C2. The quantitative estimate of drug-likeness (QED) is 0.570. The first-order valence-corrected chi connectivity index (χ1v) is 5.59. The highest BCUT2D eigenvalue weighted by Crippen LogP contribution is 2.38. The van der Waals surface area contributed by atoms with Crippen molar-refractivity contribution >= 4 is 0 Å². The fourth-order valence-electron chi connectivity index (χ4n) is 2.52. The molecule has 74 valence electrons. The van der Waals surface area contributed by atoms with Crippen LogP contribution in [0.4, 0.5) is 0 Å². The molecule has 1 aliphatic heterocycles. The summed E-state index contributed by atoms with van der Waals surface area (Å²) in [5, 5.41) is 0. The number of rotatable bonds is 0. The van der Waals surface area contributed by atoms with Crippen molar-refractivity contribution in [2.24, 2.45) is 0 Å². The average Bonchev–Trinajstić information content (AvgIpc) is 2.93. The van der Waals surface area contributed by atoms with Crippen molar-refractivity contribution in [3.8, 4) is 0 Å². The minimum Gasteiger partial charge on any atom is -0.369 e. The first-order chi connectivity index (χ1) is 6.88. The molecule has 2 aliphatic rings. The van der Waals surface area contributed by atoms with Crippen molar-refractivity contribution in [1.29, 1.82) is 0 Å². The molecule has 0 N–H and O–H groups in total. The summed E-state index contributed by atoms with van der Waals surface area (Å²) >= 11 is 0. The van der Waals surface area contributed by atoms with Crippen LogP contribution in [0.1, 0.15) is 30.4 Å². The van der Waals surface area contributed by atoms with Gasteiger partial charge in [0.1, 0.15) is 0 Å². The van der Waals surface area contributed by atoms with E-state index in [1.165, 1.54) is 31.2 Å². The molecule has 0 aromatic heterocycles. The maximum atomic E-state index is 5.63. The van der Waals surface area contributed by atoms with Crippen LogP contribution in [0.25, 0.3) is 0 Å². The lowest BCUT2D eigenvalue weighted by atomic mass is 9.87. The maximum absolute atomic E-state index is 5.63. The predicted octanol–water partition coefficient (Wildman–Crippen LogP) is 2.72. The zero-order valence-corrected chi connectivity index (χ0v) is 8.46. The molecule has 1 aromatic rings. The van der Waals surface area contributed by atoms with Crippen LogP contribution in [0, 0.1) is 0 Å². The van der Waals surface area contributed by atoms with E-state index < -0.39 is 0 Å². The number of epoxide rings is 1. The van der Waals surface area contributed by atoms with Gasteiger partial charge in [-0.3, -0.25) is 0 Å². The van der Waals surface area contributed by atoms with Crippen LogP contribution < -0.4 is 0 Å². The number of ether oxygens (including phenoxy) is 1. The van der Waals surface area contributed by atoms with Gasteiger partial charge in [-0.25, -0.2) is 0 Å². The van der Waals surface area contributed by atoms with E-state index in [0.29, 0.717) is 0 Å². The average molecular weight is 188 g/mol. The highest BCUT2D eigenvalue weighted by Gasteiger charge is 2.44. The lowest BCUT2D eigenvalue weighted by molar-refractivity contribution is 0.277. The molecule has 1 unspecified atom stereocenters. The van der Waals surface area contributed by atoms with Crippen LogP contribution in [0.5, 0.6) is 0 Å². The molecule has 1 nitrogen and oxygen atoms in total. The van der Waals surface area contributed by atoms with Crippen LogP contribution in [-0.2, 0) is 17.6 Å². The van der Waals surface area contributed by atoms with Gasteiger partial charge in [0.25, 0.3) is 0 Å². The Hall–Kier alpha value is -0.820. The van der Waals surface area contributed by atoms with E-state index in [1.807, 2.05) is 0 Å². The van der Waals surface area contributed by atoms with Crippen LogP contribution in [0.3, 0.4) is 0 Å². The van der Waals surface area contributed by atoms with Crippen molar-refractivity contribution in [3.05, 3.63) is 35.4 Å². The Bertz CT molecular complexity index is 339. The first-order valence-electron chi connectivity index (χ1n) is 5.59. The van der Waals surface area contributed by atoms with E-state index in [0.717, 1.165) is 13.0 Å². The molecule has 0 radical (unpaired) electrons. The van der Waals surface area contributed by atoms with Crippen molar-refractivity contribution < 1.29 is 4.74 Å². The standard InChI is InChI=1S/C13H16O/c1-2-7-12-9-13(10-14-13)8-4-3-6-11(12)5-1/h1-2,5,7H,3-4,6,8-10H2. The van der Waals surface area contributed by atoms with Gasteiger partial charge in [-0.15, -0.1) is 0 Å². The summed E-state index contributed by atoms with van der Waals surface area (Å²) < 4.78 is 5.63. The van der Waals surface area contributed by atoms with E-state index in [1.54, 1.807) is 5.56 Å². The number of hydrogen-bond acceptors (Lipinski definition) is 1. The van der Waals surface area contributed by atoms with Crippen LogP contribution in [-0.4, -0.2) is 12.2 Å². The molecule has 3 rings (SSSR count). The molecule has 1 aromatic carbocycles. The van der Waals surface area contributed by atoms with Crippen LogP contribution in [0.15, 0.2) is 24.3 Å². The lowest BCUT2D eigenvalue weighted by Crippen LogP contribution is -2.18. The number of fused-ring (bicyclic) bond motifs is 1. The number of benzene rings is 1. The fourth-order valence-corrected chi connectivity index (χ4v) is 2.52. The van der Waals surface area contributed by atoms with Crippen molar-refractivity contribution in [1.82, 2.24) is 0 Å². The van der Waals surface area contributed by atoms with Gasteiger partial charge in [0, 0.05) is 6.42 Å². The van der Waals surface area contributed by atoms with Gasteiger partial charge < -0.3 is 4.74 Å².